The summed E-state index contributed by atoms with van der Waals surface area (Å²) in [5, 5.41) is 0. The van der Waals surface area contributed by atoms with Gasteiger partial charge in [0.2, 0.25) is 0 Å². The van der Waals surface area contributed by atoms with Crippen LogP contribution in [-0.2, 0) is 12.8 Å². The van der Waals surface area contributed by atoms with Crippen LogP contribution in [0.25, 0.3) is 0 Å². The number of fused-ring (bicyclic) bond motifs is 1. The van der Waals surface area contributed by atoms with Gasteiger partial charge in [-0.25, -0.2) is 0 Å². The molecule has 3 rings (SSSR count). The monoisotopic (exact) mass is 254 g/mol. The Morgan fingerprint density at radius 1 is 1.26 bits per heavy atom. The molecule has 2 aromatic rings. The van der Waals surface area contributed by atoms with Gasteiger partial charge in [0.15, 0.2) is 0 Å². The van der Waals surface area contributed by atoms with Gasteiger partial charge in [0.05, 0.1) is 6.61 Å². The van der Waals surface area contributed by atoms with Gasteiger partial charge in [-0.3, -0.25) is 4.98 Å². The Hall–Kier alpha value is -1.87. The Morgan fingerprint density at radius 3 is 3.05 bits per heavy atom. The molecule has 2 heterocycles. The minimum absolute atomic E-state index is 0.0215. The van der Waals surface area contributed by atoms with Crippen molar-refractivity contribution in [2.45, 2.75) is 25.3 Å². The highest BCUT2D eigenvalue weighted by atomic mass is 16.5. The molecule has 1 aromatic heterocycles. The Balaban J connectivity index is 1.71. The number of benzene rings is 1. The molecule has 3 heteroatoms. The quantitative estimate of drug-likeness (QED) is 0.912. The summed E-state index contributed by atoms with van der Waals surface area (Å²) in [5.74, 6) is 1.01. The number of aryl methyl sites for hydroxylation is 1. The minimum atomic E-state index is 0.0215. The summed E-state index contributed by atoms with van der Waals surface area (Å²) < 4.78 is 5.71. The molecule has 19 heavy (non-hydrogen) atoms. The van der Waals surface area contributed by atoms with Crippen molar-refractivity contribution in [2.75, 3.05) is 6.61 Å². The summed E-state index contributed by atoms with van der Waals surface area (Å²) in [6, 6.07) is 10.4. The highest BCUT2D eigenvalue weighted by molar-refractivity contribution is 5.45. The van der Waals surface area contributed by atoms with Crippen molar-refractivity contribution in [2.24, 2.45) is 5.73 Å². The third-order valence-electron chi connectivity index (χ3n) is 3.61. The number of hydrogen-bond acceptors (Lipinski definition) is 3. The molecular formula is C16H18N2O. The second-order valence-corrected chi connectivity index (χ2v) is 4.94. The molecule has 98 valence electrons. The first-order valence-electron chi connectivity index (χ1n) is 6.73. The van der Waals surface area contributed by atoms with Crippen LogP contribution < -0.4 is 10.5 Å². The third-order valence-corrected chi connectivity index (χ3v) is 3.61. The lowest BCUT2D eigenvalue weighted by atomic mass is 9.97. The van der Waals surface area contributed by atoms with E-state index < -0.39 is 0 Å². The highest BCUT2D eigenvalue weighted by Crippen LogP contribution is 2.33. The van der Waals surface area contributed by atoms with E-state index in [-0.39, 0.29) is 6.04 Å². The average Bonchev–Trinajstić information content (AvgIpc) is 2.94. The number of hydrogen-bond donors (Lipinski definition) is 1. The lowest BCUT2D eigenvalue weighted by Crippen LogP contribution is -2.12. The molecule has 3 nitrogen and oxygen atoms in total. The normalized spacial score (nSPS) is 14.8. The van der Waals surface area contributed by atoms with Crippen LogP contribution in [0.3, 0.4) is 0 Å². The van der Waals surface area contributed by atoms with Gasteiger partial charge in [0, 0.05) is 30.4 Å². The summed E-state index contributed by atoms with van der Waals surface area (Å²) in [4.78, 5) is 4.13. The van der Waals surface area contributed by atoms with Gasteiger partial charge in [0.25, 0.3) is 0 Å². The fraction of sp³-hybridized carbons (Fsp3) is 0.312. The molecule has 0 amide bonds. The van der Waals surface area contributed by atoms with Crippen molar-refractivity contribution in [3.05, 3.63) is 59.4 Å². The summed E-state index contributed by atoms with van der Waals surface area (Å²) in [6.07, 6.45) is 6.54. The summed E-state index contributed by atoms with van der Waals surface area (Å²) in [7, 11) is 0. The lowest BCUT2D eigenvalue weighted by Gasteiger charge is -2.15. The third kappa shape index (κ3) is 2.61. The van der Waals surface area contributed by atoms with E-state index in [4.69, 9.17) is 10.5 Å². The van der Waals surface area contributed by atoms with Crippen LogP contribution >= 0.6 is 0 Å². The maximum absolute atomic E-state index is 6.32. The summed E-state index contributed by atoms with van der Waals surface area (Å²) in [6.45, 7) is 0.779. The van der Waals surface area contributed by atoms with Crippen LogP contribution in [0.15, 0.2) is 42.7 Å². The topological polar surface area (TPSA) is 48.1 Å². The van der Waals surface area contributed by atoms with Crippen LogP contribution in [0.5, 0.6) is 5.75 Å². The summed E-state index contributed by atoms with van der Waals surface area (Å²) >= 11 is 0. The number of pyridine rings is 1. The standard InChI is InChI=1S/C16H18N2O/c17-15(7-6-12-3-2-9-18-11-12)14-5-1-4-13-8-10-19-16(13)14/h1-5,9,11,15H,6-8,10,17H2. The van der Waals surface area contributed by atoms with E-state index in [0.717, 1.165) is 37.2 Å². The molecule has 0 saturated carbocycles. The Bertz CT molecular complexity index is 554. The lowest BCUT2D eigenvalue weighted by molar-refractivity contribution is 0.350. The van der Waals surface area contributed by atoms with E-state index in [2.05, 4.69) is 29.2 Å². The van der Waals surface area contributed by atoms with Crippen molar-refractivity contribution in [3.8, 4) is 5.75 Å². The number of nitrogens with zero attached hydrogens (tertiary/aromatic N) is 1. The average molecular weight is 254 g/mol. The zero-order valence-electron chi connectivity index (χ0n) is 10.9. The van der Waals surface area contributed by atoms with Crippen molar-refractivity contribution in [1.29, 1.82) is 0 Å². The highest BCUT2D eigenvalue weighted by Gasteiger charge is 2.19. The molecule has 0 saturated heterocycles. The Morgan fingerprint density at radius 2 is 2.21 bits per heavy atom. The molecule has 0 aliphatic carbocycles. The van der Waals surface area contributed by atoms with Crippen LogP contribution in [0.4, 0.5) is 0 Å². The fourth-order valence-electron chi connectivity index (χ4n) is 2.56. The first kappa shape index (κ1) is 12.2. The number of para-hydroxylation sites is 1. The van der Waals surface area contributed by atoms with E-state index in [1.54, 1.807) is 6.20 Å². The summed E-state index contributed by atoms with van der Waals surface area (Å²) in [5.41, 5.74) is 9.97. The predicted molar refractivity (Wildman–Crippen MR) is 75.1 cm³/mol. The maximum Gasteiger partial charge on any atom is 0.127 e. The second-order valence-electron chi connectivity index (χ2n) is 4.94. The van der Waals surface area contributed by atoms with Crippen molar-refractivity contribution < 1.29 is 4.74 Å². The van der Waals surface area contributed by atoms with E-state index in [0.29, 0.717) is 0 Å². The largest absolute Gasteiger partial charge is 0.493 e. The number of ether oxygens (including phenoxy) is 1. The molecule has 0 radical (unpaired) electrons. The van der Waals surface area contributed by atoms with Crippen molar-refractivity contribution in [1.82, 2.24) is 4.98 Å². The predicted octanol–water partition coefficient (Wildman–Crippen LogP) is 2.65. The number of nitrogens with two attached hydrogens (primary N) is 1. The van der Waals surface area contributed by atoms with Gasteiger partial charge < -0.3 is 10.5 Å². The molecular weight excluding hydrogens is 236 g/mol. The van der Waals surface area contributed by atoms with Gasteiger partial charge in [-0.15, -0.1) is 0 Å². The molecule has 0 bridgehead atoms. The molecule has 1 atom stereocenters. The second kappa shape index (κ2) is 5.41. The fourth-order valence-corrected chi connectivity index (χ4v) is 2.56. The van der Waals surface area contributed by atoms with Gasteiger partial charge in [0.1, 0.15) is 5.75 Å². The van der Waals surface area contributed by atoms with Crippen LogP contribution in [0, 0.1) is 0 Å². The smallest absolute Gasteiger partial charge is 0.127 e. The van der Waals surface area contributed by atoms with Crippen LogP contribution in [-0.4, -0.2) is 11.6 Å². The van der Waals surface area contributed by atoms with E-state index in [1.165, 1.54) is 11.1 Å². The zero-order valence-corrected chi connectivity index (χ0v) is 10.9. The number of aromatic nitrogens is 1. The van der Waals surface area contributed by atoms with Crippen LogP contribution in [0.1, 0.15) is 29.2 Å². The van der Waals surface area contributed by atoms with Gasteiger partial charge in [-0.05, 0) is 30.0 Å². The van der Waals surface area contributed by atoms with Gasteiger partial charge in [-0.1, -0.05) is 24.3 Å². The minimum Gasteiger partial charge on any atom is -0.493 e. The van der Waals surface area contributed by atoms with E-state index >= 15 is 0 Å². The van der Waals surface area contributed by atoms with Crippen molar-refractivity contribution in [3.63, 3.8) is 0 Å². The maximum atomic E-state index is 6.32. The van der Waals surface area contributed by atoms with E-state index in [9.17, 15) is 0 Å². The molecule has 1 unspecified atom stereocenters. The SMILES string of the molecule is NC(CCc1cccnc1)c1cccc2c1OCC2. The van der Waals surface area contributed by atoms with Gasteiger partial charge >= 0.3 is 0 Å². The van der Waals surface area contributed by atoms with Gasteiger partial charge in [-0.2, -0.15) is 0 Å². The first-order chi connectivity index (χ1) is 9.34. The van der Waals surface area contributed by atoms with Crippen LogP contribution in [0.2, 0.25) is 0 Å². The molecule has 1 aliphatic rings. The first-order valence-corrected chi connectivity index (χ1v) is 6.73. The van der Waals surface area contributed by atoms with E-state index in [1.807, 2.05) is 12.3 Å². The Labute approximate surface area is 113 Å². The molecule has 0 spiro atoms. The molecule has 2 N–H and O–H groups in total. The zero-order chi connectivity index (χ0) is 13.1. The molecule has 1 aromatic carbocycles. The Kier molecular flexibility index (Phi) is 3.47. The molecule has 1 aliphatic heterocycles. The number of rotatable bonds is 4. The molecule has 0 fully saturated rings. The van der Waals surface area contributed by atoms with Crippen molar-refractivity contribution >= 4 is 0 Å².